The summed E-state index contributed by atoms with van der Waals surface area (Å²) in [5.74, 6) is -0.629. The number of hydrogen-bond donors (Lipinski definition) is 1. The van der Waals surface area contributed by atoms with Gasteiger partial charge in [0.15, 0.2) is 9.84 Å². The summed E-state index contributed by atoms with van der Waals surface area (Å²) in [5, 5.41) is 0. The van der Waals surface area contributed by atoms with E-state index in [-0.39, 0.29) is 23.3 Å². The summed E-state index contributed by atoms with van der Waals surface area (Å²) in [6.07, 6.45) is 1.47. The van der Waals surface area contributed by atoms with Crippen molar-refractivity contribution >= 4 is 15.5 Å². The predicted octanol–water partition coefficient (Wildman–Crippen LogP) is 1.50. The van der Waals surface area contributed by atoms with E-state index in [1.54, 1.807) is 0 Å². The first-order valence-electron chi connectivity index (χ1n) is 5.82. The Labute approximate surface area is 106 Å². The molecular formula is C12H16FNO3S. The number of halogens is 1. The van der Waals surface area contributed by atoms with Crippen molar-refractivity contribution in [3.05, 3.63) is 29.6 Å². The molecule has 6 heteroatoms. The summed E-state index contributed by atoms with van der Waals surface area (Å²) in [6, 6.07) is 3.77. The average molecular weight is 273 g/mol. The van der Waals surface area contributed by atoms with E-state index < -0.39 is 15.7 Å². The number of sulfone groups is 1. The molecule has 0 spiro atoms. The van der Waals surface area contributed by atoms with Gasteiger partial charge in [0, 0.05) is 12.3 Å². The lowest BCUT2D eigenvalue weighted by Gasteiger charge is -2.11. The summed E-state index contributed by atoms with van der Waals surface area (Å²) in [4.78, 5) is 0. The van der Waals surface area contributed by atoms with Gasteiger partial charge in [-0.1, -0.05) is 6.07 Å². The summed E-state index contributed by atoms with van der Waals surface area (Å²) in [5.41, 5.74) is 6.21. The van der Waals surface area contributed by atoms with Crippen molar-refractivity contribution in [1.29, 1.82) is 0 Å². The van der Waals surface area contributed by atoms with Crippen LogP contribution in [0.2, 0.25) is 0 Å². The Kier molecular flexibility index (Phi) is 3.87. The Morgan fingerprint density at radius 2 is 2.22 bits per heavy atom. The third-order valence-corrected chi connectivity index (χ3v) is 4.58. The molecule has 100 valence electrons. The number of benzene rings is 1. The minimum atomic E-state index is -3.28. The molecule has 1 unspecified atom stereocenters. The largest absolute Gasteiger partial charge is 0.398 e. The zero-order valence-electron chi connectivity index (χ0n) is 9.93. The van der Waals surface area contributed by atoms with E-state index >= 15 is 0 Å². The molecule has 0 saturated carbocycles. The highest BCUT2D eigenvalue weighted by Crippen LogP contribution is 2.20. The fourth-order valence-electron chi connectivity index (χ4n) is 2.05. The molecule has 1 aromatic rings. The van der Waals surface area contributed by atoms with Crippen LogP contribution in [-0.4, -0.2) is 26.9 Å². The lowest BCUT2D eigenvalue weighted by molar-refractivity contribution is 0.127. The van der Waals surface area contributed by atoms with Crippen LogP contribution < -0.4 is 5.73 Å². The molecule has 1 aliphatic rings. The van der Waals surface area contributed by atoms with Crippen molar-refractivity contribution in [1.82, 2.24) is 0 Å². The molecule has 4 nitrogen and oxygen atoms in total. The van der Waals surface area contributed by atoms with Crippen LogP contribution in [-0.2, 0) is 20.3 Å². The van der Waals surface area contributed by atoms with Crippen LogP contribution in [0.1, 0.15) is 18.4 Å². The summed E-state index contributed by atoms with van der Waals surface area (Å²) in [6.45, 7) is 0.624. The van der Waals surface area contributed by atoms with Crippen LogP contribution in [0.4, 0.5) is 10.1 Å². The number of anilines is 1. The normalized spacial score (nSPS) is 20.2. The van der Waals surface area contributed by atoms with Gasteiger partial charge in [0.1, 0.15) is 5.82 Å². The quantitative estimate of drug-likeness (QED) is 0.844. The van der Waals surface area contributed by atoms with Gasteiger partial charge < -0.3 is 10.5 Å². The van der Waals surface area contributed by atoms with Gasteiger partial charge in [-0.2, -0.15) is 0 Å². The van der Waals surface area contributed by atoms with E-state index in [2.05, 4.69) is 0 Å². The highest BCUT2D eigenvalue weighted by molar-refractivity contribution is 7.90. The van der Waals surface area contributed by atoms with Gasteiger partial charge in [-0.3, -0.25) is 0 Å². The molecular weight excluding hydrogens is 257 g/mol. The third-order valence-electron chi connectivity index (χ3n) is 2.95. The zero-order valence-corrected chi connectivity index (χ0v) is 10.7. The highest BCUT2D eigenvalue weighted by atomic mass is 32.2. The van der Waals surface area contributed by atoms with Gasteiger partial charge in [-0.15, -0.1) is 0 Å². The Morgan fingerprint density at radius 3 is 2.83 bits per heavy atom. The monoisotopic (exact) mass is 273 g/mol. The molecule has 1 saturated heterocycles. The van der Waals surface area contributed by atoms with Crippen molar-refractivity contribution in [3.63, 3.8) is 0 Å². The van der Waals surface area contributed by atoms with Crippen LogP contribution in [0.15, 0.2) is 18.2 Å². The maximum atomic E-state index is 12.9. The van der Waals surface area contributed by atoms with Crippen molar-refractivity contribution in [3.8, 4) is 0 Å². The van der Waals surface area contributed by atoms with Crippen LogP contribution in [0.3, 0.4) is 0 Å². The number of ether oxygens (including phenoxy) is 1. The minimum Gasteiger partial charge on any atom is -0.398 e. The molecule has 0 aromatic heterocycles. The molecule has 2 rings (SSSR count). The Morgan fingerprint density at radius 1 is 1.44 bits per heavy atom. The standard InChI is InChI=1S/C12H16FNO3S/c13-10-4-3-9(12(14)6-10)7-18(15,16)8-11-2-1-5-17-11/h3-4,6,11H,1-2,5,7-8,14H2. The molecule has 0 radical (unpaired) electrons. The summed E-state index contributed by atoms with van der Waals surface area (Å²) >= 11 is 0. The molecule has 1 atom stereocenters. The third kappa shape index (κ3) is 3.43. The van der Waals surface area contributed by atoms with E-state index in [4.69, 9.17) is 10.5 Å². The van der Waals surface area contributed by atoms with Crippen LogP contribution >= 0.6 is 0 Å². The highest BCUT2D eigenvalue weighted by Gasteiger charge is 2.24. The number of nitrogen functional groups attached to an aromatic ring is 1. The molecule has 0 amide bonds. The molecule has 0 bridgehead atoms. The second-order valence-electron chi connectivity index (χ2n) is 4.53. The van der Waals surface area contributed by atoms with Crippen molar-refractivity contribution < 1.29 is 17.5 Å². The fraction of sp³-hybridized carbons (Fsp3) is 0.500. The number of nitrogens with two attached hydrogens (primary N) is 1. The van der Waals surface area contributed by atoms with Crippen LogP contribution in [0.5, 0.6) is 0 Å². The Hall–Kier alpha value is -1.14. The second-order valence-corrected chi connectivity index (χ2v) is 6.64. The number of rotatable bonds is 4. The Bertz CT molecular complexity index is 524. The molecule has 1 aliphatic heterocycles. The van der Waals surface area contributed by atoms with Gasteiger partial charge in [-0.25, -0.2) is 12.8 Å². The average Bonchev–Trinajstić information content (AvgIpc) is 2.74. The van der Waals surface area contributed by atoms with Crippen molar-refractivity contribution in [2.45, 2.75) is 24.7 Å². The van der Waals surface area contributed by atoms with Gasteiger partial charge >= 0.3 is 0 Å². The van der Waals surface area contributed by atoms with Gasteiger partial charge in [0.2, 0.25) is 0 Å². The first kappa shape index (κ1) is 13.3. The first-order chi connectivity index (χ1) is 8.46. The van der Waals surface area contributed by atoms with Crippen molar-refractivity contribution in [2.24, 2.45) is 0 Å². The van der Waals surface area contributed by atoms with E-state index in [0.717, 1.165) is 18.9 Å². The van der Waals surface area contributed by atoms with Crippen molar-refractivity contribution in [2.75, 3.05) is 18.1 Å². The smallest absolute Gasteiger partial charge is 0.157 e. The zero-order chi connectivity index (χ0) is 13.2. The molecule has 2 N–H and O–H groups in total. The maximum absolute atomic E-state index is 12.9. The van der Waals surface area contributed by atoms with E-state index in [1.165, 1.54) is 12.1 Å². The van der Waals surface area contributed by atoms with E-state index in [1.807, 2.05) is 0 Å². The molecule has 1 fully saturated rings. The molecule has 1 heterocycles. The molecule has 0 aliphatic carbocycles. The SMILES string of the molecule is Nc1cc(F)ccc1CS(=O)(=O)CC1CCCO1. The van der Waals surface area contributed by atoms with E-state index in [0.29, 0.717) is 12.2 Å². The Balaban J connectivity index is 2.07. The second kappa shape index (κ2) is 5.24. The number of hydrogen-bond acceptors (Lipinski definition) is 4. The van der Waals surface area contributed by atoms with Gasteiger partial charge in [0.25, 0.3) is 0 Å². The summed E-state index contributed by atoms with van der Waals surface area (Å²) < 4.78 is 42.1. The lowest BCUT2D eigenvalue weighted by Crippen LogP contribution is -2.21. The minimum absolute atomic E-state index is 0.00379. The van der Waals surface area contributed by atoms with Gasteiger partial charge in [-0.05, 0) is 30.5 Å². The van der Waals surface area contributed by atoms with E-state index in [9.17, 15) is 12.8 Å². The van der Waals surface area contributed by atoms with Crippen LogP contribution in [0, 0.1) is 5.82 Å². The predicted molar refractivity (Wildman–Crippen MR) is 67.3 cm³/mol. The summed E-state index contributed by atoms with van der Waals surface area (Å²) in [7, 11) is -3.28. The lowest BCUT2D eigenvalue weighted by atomic mass is 10.2. The van der Waals surface area contributed by atoms with Crippen LogP contribution in [0.25, 0.3) is 0 Å². The topological polar surface area (TPSA) is 69.4 Å². The maximum Gasteiger partial charge on any atom is 0.157 e. The molecule has 18 heavy (non-hydrogen) atoms. The molecule has 1 aromatic carbocycles. The van der Waals surface area contributed by atoms with Gasteiger partial charge in [0.05, 0.1) is 17.6 Å². The first-order valence-corrected chi connectivity index (χ1v) is 7.64. The fourth-order valence-corrected chi connectivity index (χ4v) is 3.74.